The molecule has 158 valence electrons. The zero-order valence-corrected chi connectivity index (χ0v) is 14.7. The highest BCUT2D eigenvalue weighted by Crippen LogP contribution is 2.35. The van der Waals surface area contributed by atoms with Crippen molar-refractivity contribution in [2.75, 3.05) is 0 Å². The summed E-state index contributed by atoms with van der Waals surface area (Å²) in [6, 6.07) is 3.78. The predicted octanol–water partition coefficient (Wildman–Crippen LogP) is -0.794. The molecule has 0 heterocycles. The predicted molar refractivity (Wildman–Crippen MR) is 93.4 cm³/mol. The highest BCUT2D eigenvalue weighted by Gasteiger charge is 2.70. The van der Waals surface area contributed by atoms with Crippen LogP contribution in [0, 0.1) is 0 Å². The van der Waals surface area contributed by atoms with Crippen LogP contribution in [0.5, 0.6) is 23.0 Å². The molecule has 0 aliphatic heterocycles. The number of aromatic hydroxyl groups is 4. The minimum atomic E-state index is -4.31. The molecule has 30 heavy (non-hydrogen) atoms. The molecule has 0 aliphatic rings. The number of Topliss-reactive ketones (excluding diaryl/α,β-unsaturated/α-hetero) is 2. The molecule has 2 rings (SSSR count). The summed E-state index contributed by atoms with van der Waals surface area (Å²) in [5, 5.41) is 77.5. The number of benzene rings is 2. The average Bonchev–Trinajstić information content (AvgIpc) is 2.69. The first-order valence-electron chi connectivity index (χ1n) is 7.83. The molecule has 2 aromatic carbocycles. The molecule has 0 saturated heterocycles. The fraction of sp³-hybridized carbons (Fsp3) is 0.111. The number of ketones is 2. The van der Waals surface area contributed by atoms with Crippen LogP contribution in [0.2, 0.25) is 0 Å². The van der Waals surface area contributed by atoms with E-state index in [4.69, 9.17) is 0 Å². The number of phenols is 4. The third-order valence-corrected chi connectivity index (χ3v) is 4.28. The lowest BCUT2D eigenvalue weighted by atomic mass is 9.73. The lowest BCUT2D eigenvalue weighted by molar-refractivity contribution is -0.187. The lowest BCUT2D eigenvalue weighted by Crippen LogP contribution is -2.71. The smallest absolute Gasteiger partial charge is 0.348 e. The zero-order valence-electron chi connectivity index (χ0n) is 14.7. The number of rotatable bonds is 7. The number of carbonyl (C=O) groups is 4. The van der Waals surface area contributed by atoms with Gasteiger partial charge in [0.15, 0.2) is 23.0 Å². The monoisotopic (exact) mass is 422 g/mol. The van der Waals surface area contributed by atoms with E-state index < -0.39 is 68.8 Å². The molecule has 0 bridgehead atoms. The summed E-state index contributed by atoms with van der Waals surface area (Å²) in [6.07, 6.45) is 0. The molecule has 0 amide bonds. The first-order valence-corrected chi connectivity index (χ1v) is 7.83. The number of hydrogen-bond acceptors (Lipinski definition) is 10. The van der Waals surface area contributed by atoms with E-state index in [1.807, 2.05) is 0 Å². The van der Waals surface area contributed by atoms with Crippen LogP contribution in [0.4, 0.5) is 0 Å². The van der Waals surface area contributed by atoms with Crippen molar-refractivity contribution in [3.63, 3.8) is 0 Å². The van der Waals surface area contributed by atoms with Gasteiger partial charge in [0, 0.05) is 11.1 Å². The van der Waals surface area contributed by atoms with E-state index in [0.717, 1.165) is 0 Å². The van der Waals surface area contributed by atoms with Gasteiger partial charge in [0.2, 0.25) is 11.6 Å². The maximum absolute atomic E-state index is 12.7. The normalized spacial score (nSPS) is 14.9. The average molecular weight is 422 g/mol. The number of hydrogen-bond donors (Lipinski definition) is 8. The molecule has 2 aromatic rings. The van der Waals surface area contributed by atoms with Gasteiger partial charge in [0.05, 0.1) is 0 Å². The Morgan fingerprint density at radius 2 is 0.867 bits per heavy atom. The molecule has 0 spiro atoms. The summed E-state index contributed by atoms with van der Waals surface area (Å²) in [6.45, 7) is 0. The van der Waals surface area contributed by atoms with Crippen molar-refractivity contribution >= 4 is 23.5 Å². The van der Waals surface area contributed by atoms with Crippen LogP contribution in [-0.4, -0.2) is 75.6 Å². The Bertz CT molecular complexity index is 989. The number of phenolic OH excluding ortho intramolecular Hbond substituents is 4. The minimum absolute atomic E-state index is 0.477. The van der Waals surface area contributed by atoms with Crippen molar-refractivity contribution < 1.29 is 60.0 Å². The molecule has 0 saturated carbocycles. The number of carboxylic acids is 2. The van der Waals surface area contributed by atoms with Gasteiger partial charge in [-0.3, -0.25) is 9.59 Å². The van der Waals surface area contributed by atoms with Gasteiger partial charge in [-0.1, -0.05) is 0 Å². The molecule has 12 heteroatoms. The SMILES string of the molecule is O=C(O)C(O)(C(=O)c1ccc(O)c(O)c1)C(O)(C(=O)O)C(=O)c1ccc(O)c(O)c1. The second-order valence-electron chi connectivity index (χ2n) is 6.10. The summed E-state index contributed by atoms with van der Waals surface area (Å²) in [5.41, 5.74) is -10.4. The van der Waals surface area contributed by atoms with Gasteiger partial charge < -0.3 is 40.9 Å². The molecule has 0 aromatic heterocycles. The highest BCUT2D eigenvalue weighted by molar-refractivity contribution is 6.28. The van der Waals surface area contributed by atoms with Crippen LogP contribution in [0.1, 0.15) is 20.7 Å². The zero-order chi connectivity index (χ0) is 23.0. The Labute approximate surface area is 166 Å². The third kappa shape index (κ3) is 3.15. The van der Waals surface area contributed by atoms with Gasteiger partial charge in [-0.25, -0.2) is 9.59 Å². The number of carboxylic acid groups (broad SMARTS) is 2. The first kappa shape index (κ1) is 22.1. The Morgan fingerprint density at radius 1 is 0.567 bits per heavy atom. The van der Waals surface area contributed by atoms with Crippen LogP contribution < -0.4 is 0 Å². The van der Waals surface area contributed by atoms with E-state index in [1.165, 1.54) is 0 Å². The molecular formula is C18H14O12. The summed E-state index contributed by atoms with van der Waals surface area (Å²) in [7, 11) is 0. The van der Waals surface area contributed by atoms with Gasteiger partial charge in [0.1, 0.15) is 0 Å². The van der Waals surface area contributed by atoms with Gasteiger partial charge >= 0.3 is 11.9 Å². The molecule has 0 aliphatic carbocycles. The van der Waals surface area contributed by atoms with Crippen molar-refractivity contribution in [3.05, 3.63) is 47.5 Å². The van der Waals surface area contributed by atoms with E-state index in [-0.39, 0.29) is 0 Å². The molecule has 12 nitrogen and oxygen atoms in total. The molecule has 8 N–H and O–H groups in total. The van der Waals surface area contributed by atoms with Crippen LogP contribution in [0.3, 0.4) is 0 Å². The second kappa shape index (κ2) is 7.35. The van der Waals surface area contributed by atoms with Gasteiger partial charge in [-0.05, 0) is 36.4 Å². The fourth-order valence-electron chi connectivity index (χ4n) is 2.58. The maximum atomic E-state index is 12.7. The largest absolute Gasteiger partial charge is 0.504 e. The van der Waals surface area contributed by atoms with Crippen molar-refractivity contribution in [1.29, 1.82) is 0 Å². The van der Waals surface area contributed by atoms with Gasteiger partial charge in [0.25, 0.3) is 11.2 Å². The third-order valence-electron chi connectivity index (χ3n) is 4.28. The topological polar surface area (TPSA) is 230 Å². The first-order chi connectivity index (χ1) is 13.8. The number of carbonyl (C=O) groups excluding carboxylic acids is 2. The van der Waals surface area contributed by atoms with Crippen LogP contribution in [0.25, 0.3) is 0 Å². The Balaban J connectivity index is 2.74. The van der Waals surface area contributed by atoms with E-state index in [9.17, 15) is 60.0 Å². The quantitative estimate of drug-likeness (QED) is 0.156. The van der Waals surface area contributed by atoms with Crippen LogP contribution in [0.15, 0.2) is 36.4 Å². The number of aliphatic hydroxyl groups is 2. The van der Waals surface area contributed by atoms with Crippen molar-refractivity contribution in [2.45, 2.75) is 11.2 Å². The van der Waals surface area contributed by atoms with Crippen molar-refractivity contribution in [2.24, 2.45) is 0 Å². The molecule has 2 unspecified atom stereocenters. The van der Waals surface area contributed by atoms with Gasteiger partial charge in [-0.2, -0.15) is 0 Å². The maximum Gasteiger partial charge on any atom is 0.348 e. The summed E-state index contributed by atoms with van der Waals surface area (Å²) < 4.78 is 0. The summed E-state index contributed by atoms with van der Waals surface area (Å²) in [4.78, 5) is 48.9. The Kier molecular flexibility index (Phi) is 5.42. The van der Waals surface area contributed by atoms with E-state index in [0.29, 0.717) is 36.4 Å². The Hall–Kier alpha value is -4.16. The van der Waals surface area contributed by atoms with Gasteiger partial charge in [-0.15, -0.1) is 0 Å². The number of aliphatic carboxylic acids is 2. The van der Waals surface area contributed by atoms with Crippen LogP contribution in [-0.2, 0) is 9.59 Å². The van der Waals surface area contributed by atoms with E-state index in [1.54, 1.807) is 0 Å². The summed E-state index contributed by atoms with van der Waals surface area (Å²) in [5.74, 6) is -12.6. The van der Waals surface area contributed by atoms with E-state index >= 15 is 0 Å². The molecule has 0 fully saturated rings. The molecule has 2 atom stereocenters. The minimum Gasteiger partial charge on any atom is -0.504 e. The molecular weight excluding hydrogens is 408 g/mol. The van der Waals surface area contributed by atoms with E-state index in [2.05, 4.69) is 0 Å². The Morgan fingerprint density at radius 3 is 1.10 bits per heavy atom. The van der Waals surface area contributed by atoms with Crippen molar-refractivity contribution in [3.8, 4) is 23.0 Å². The molecule has 0 radical (unpaired) electrons. The lowest BCUT2D eigenvalue weighted by Gasteiger charge is -2.34. The standard InChI is InChI=1S/C18H14O12/c19-9-3-1-7(5-11(9)21)13(23)17(29,15(25)26)18(30,16(27)28)14(24)8-2-4-10(20)12(22)6-8/h1-6,19-22,29-30H,(H,25,26)(H,27,28). The van der Waals surface area contributed by atoms with Crippen molar-refractivity contribution in [1.82, 2.24) is 0 Å². The summed E-state index contributed by atoms with van der Waals surface area (Å²) >= 11 is 0. The van der Waals surface area contributed by atoms with Crippen LogP contribution >= 0.6 is 0 Å². The fourth-order valence-corrected chi connectivity index (χ4v) is 2.58. The highest BCUT2D eigenvalue weighted by atomic mass is 16.5. The second-order valence-corrected chi connectivity index (χ2v) is 6.10.